The summed E-state index contributed by atoms with van der Waals surface area (Å²) in [6, 6.07) is 7.94. The first-order chi connectivity index (χ1) is 11.2. The lowest BCUT2D eigenvalue weighted by molar-refractivity contribution is -0.117. The summed E-state index contributed by atoms with van der Waals surface area (Å²) in [4.78, 5) is 22.2. The molecule has 2 aromatic rings. The lowest BCUT2D eigenvalue weighted by Crippen LogP contribution is -2.48. The zero-order valence-corrected chi connectivity index (χ0v) is 14.7. The number of amides is 1. The van der Waals surface area contributed by atoms with Crippen LogP contribution in [0.5, 0.6) is 0 Å². The number of benzene rings is 1. The number of carbonyl (C=O) groups is 1. The molecule has 1 aliphatic heterocycles. The second-order valence-electron chi connectivity index (χ2n) is 5.36. The maximum Gasteiger partial charge on any atom is 0.238 e. The van der Waals surface area contributed by atoms with Crippen molar-refractivity contribution in [2.45, 2.75) is 4.90 Å². The fourth-order valence-corrected chi connectivity index (χ4v) is 3.73. The third-order valence-corrected chi connectivity index (χ3v) is 5.34. The molecule has 1 N–H and O–H groups in total. The van der Waals surface area contributed by atoms with Crippen LogP contribution in [0.25, 0.3) is 0 Å². The van der Waals surface area contributed by atoms with Crippen LogP contribution in [0.4, 0.5) is 10.8 Å². The van der Waals surface area contributed by atoms with Crippen LogP contribution in [0.2, 0.25) is 0 Å². The molecule has 0 bridgehead atoms. The summed E-state index contributed by atoms with van der Waals surface area (Å²) < 4.78 is 0. The van der Waals surface area contributed by atoms with E-state index in [0.29, 0.717) is 6.54 Å². The summed E-state index contributed by atoms with van der Waals surface area (Å²) in [6.45, 7) is 4.05. The third-order valence-electron chi connectivity index (χ3n) is 3.78. The van der Waals surface area contributed by atoms with Crippen LogP contribution >= 0.6 is 23.1 Å². The molecule has 1 aromatic carbocycles. The Morgan fingerprint density at radius 3 is 2.87 bits per heavy atom. The number of aromatic nitrogens is 1. The Kier molecular flexibility index (Phi) is 5.53. The predicted octanol–water partition coefficient (Wildman–Crippen LogP) is 2.63. The molecule has 2 heterocycles. The van der Waals surface area contributed by atoms with E-state index in [2.05, 4.69) is 20.1 Å². The van der Waals surface area contributed by atoms with Gasteiger partial charge in [-0.15, -0.1) is 23.1 Å². The quantitative estimate of drug-likeness (QED) is 0.842. The average Bonchev–Trinajstić information content (AvgIpc) is 3.10. The summed E-state index contributed by atoms with van der Waals surface area (Å²) >= 11 is 3.34. The van der Waals surface area contributed by atoms with Crippen molar-refractivity contribution in [3.05, 3.63) is 35.8 Å². The van der Waals surface area contributed by atoms with Gasteiger partial charge in [-0.3, -0.25) is 9.69 Å². The van der Waals surface area contributed by atoms with Gasteiger partial charge in [-0.2, -0.15) is 0 Å². The molecule has 5 nitrogen and oxygen atoms in total. The minimum Gasteiger partial charge on any atom is -0.346 e. The van der Waals surface area contributed by atoms with E-state index in [-0.39, 0.29) is 5.91 Å². The summed E-state index contributed by atoms with van der Waals surface area (Å²) in [5.74, 6) is 0.0472. The van der Waals surface area contributed by atoms with E-state index < -0.39 is 0 Å². The normalized spacial score (nSPS) is 15.6. The predicted molar refractivity (Wildman–Crippen MR) is 97.6 cm³/mol. The highest BCUT2D eigenvalue weighted by Crippen LogP contribution is 2.20. The van der Waals surface area contributed by atoms with Crippen molar-refractivity contribution < 1.29 is 4.79 Å². The topological polar surface area (TPSA) is 48.5 Å². The number of hydrogen-bond donors (Lipinski definition) is 1. The Hall–Kier alpha value is -1.57. The zero-order valence-electron chi connectivity index (χ0n) is 13.1. The molecule has 0 spiro atoms. The van der Waals surface area contributed by atoms with Crippen molar-refractivity contribution in [3.63, 3.8) is 0 Å². The summed E-state index contributed by atoms with van der Waals surface area (Å²) in [5.41, 5.74) is 0.864. The molecule has 1 aromatic heterocycles. The van der Waals surface area contributed by atoms with Crippen molar-refractivity contribution in [1.29, 1.82) is 0 Å². The van der Waals surface area contributed by atoms with Crippen LogP contribution in [-0.2, 0) is 4.79 Å². The summed E-state index contributed by atoms with van der Waals surface area (Å²) in [7, 11) is 0. The van der Waals surface area contributed by atoms with Gasteiger partial charge in [0.15, 0.2) is 5.13 Å². The van der Waals surface area contributed by atoms with E-state index in [1.807, 2.05) is 42.1 Å². The Morgan fingerprint density at radius 1 is 1.35 bits per heavy atom. The summed E-state index contributed by atoms with van der Waals surface area (Å²) in [6.07, 6.45) is 3.87. The average molecular weight is 348 g/mol. The van der Waals surface area contributed by atoms with Gasteiger partial charge in [-0.1, -0.05) is 6.07 Å². The molecule has 7 heteroatoms. The number of piperazine rings is 1. The largest absolute Gasteiger partial charge is 0.346 e. The van der Waals surface area contributed by atoms with Gasteiger partial charge in [0.05, 0.1) is 6.54 Å². The fourth-order valence-electron chi connectivity index (χ4n) is 2.57. The maximum absolute atomic E-state index is 12.2. The molecule has 0 aliphatic carbocycles. The highest BCUT2D eigenvalue weighted by Gasteiger charge is 2.20. The van der Waals surface area contributed by atoms with Crippen molar-refractivity contribution in [2.75, 3.05) is 49.2 Å². The molecule has 0 atom stereocenters. The van der Waals surface area contributed by atoms with Crippen LogP contribution in [-0.4, -0.2) is 54.8 Å². The first-order valence-electron chi connectivity index (χ1n) is 7.55. The molecular weight excluding hydrogens is 328 g/mol. The molecule has 122 valence electrons. The molecule has 3 rings (SSSR count). The number of carbonyl (C=O) groups excluding carboxylic acids is 1. The van der Waals surface area contributed by atoms with Crippen molar-refractivity contribution in [1.82, 2.24) is 9.88 Å². The number of thioether (sulfide) groups is 1. The molecule has 1 saturated heterocycles. The minimum atomic E-state index is 0.0472. The Bertz CT molecular complexity index is 639. The summed E-state index contributed by atoms with van der Waals surface area (Å²) in [5, 5.41) is 6.05. The van der Waals surface area contributed by atoms with E-state index in [4.69, 9.17) is 0 Å². The number of anilines is 2. The fraction of sp³-hybridized carbons (Fsp3) is 0.375. The van der Waals surface area contributed by atoms with E-state index in [0.717, 1.165) is 41.9 Å². The van der Waals surface area contributed by atoms with Gasteiger partial charge >= 0.3 is 0 Å². The van der Waals surface area contributed by atoms with Crippen LogP contribution in [0.1, 0.15) is 0 Å². The maximum atomic E-state index is 12.2. The Labute approximate surface area is 144 Å². The van der Waals surface area contributed by atoms with Crippen molar-refractivity contribution in [2.24, 2.45) is 0 Å². The highest BCUT2D eigenvalue weighted by atomic mass is 32.2. The standard InChI is InChI=1S/C16H20N4OS2/c1-22-14-4-2-3-13(11-14)18-15(21)12-19-6-8-20(9-7-19)16-17-5-10-23-16/h2-5,10-11H,6-9,12H2,1H3,(H,18,21). The molecule has 1 fully saturated rings. The molecule has 1 amide bonds. The van der Waals surface area contributed by atoms with Crippen LogP contribution in [0, 0.1) is 0 Å². The molecule has 1 aliphatic rings. The third kappa shape index (κ3) is 4.46. The van der Waals surface area contributed by atoms with Gasteiger partial charge in [-0.05, 0) is 24.5 Å². The van der Waals surface area contributed by atoms with Gasteiger partial charge in [0.2, 0.25) is 5.91 Å². The van der Waals surface area contributed by atoms with E-state index in [1.54, 1.807) is 23.1 Å². The number of rotatable bonds is 5. The van der Waals surface area contributed by atoms with Crippen LogP contribution < -0.4 is 10.2 Å². The first-order valence-corrected chi connectivity index (χ1v) is 9.66. The Morgan fingerprint density at radius 2 is 2.17 bits per heavy atom. The van der Waals surface area contributed by atoms with E-state index in [1.165, 1.54) is 0 Å². The van der Waals surface area contributed by atoms with E-state index in [9.17, 15) is 4.79 Å². The van der Waals surface area contributed by atoms with Crippen LogP contribution in [0.15, 0.2) is 40.7 Å². The van der Waals surface area contributed by atoms with Gasteiger partial charge in [-0.25, -0.2) is 4.98 Å². The molecule has 23 heavy (non-hydrogen) atoms. The molecule has 0 unspecified atom stereocenters. The van der Waals surface area contributed by atoms with Gasteiger partial charge in [0.1, 0.15) is 0 Å². The molecule has 0 saturated carbocycles. The smallest absolute Gasteiger partial charge is 0.238 e. The second kappa shape index (κ2) is 7.81. The highest BCUT2D eigenvalue weighted by molar-refractivity contribution is 7.98. The zero-order chi connectivity index (χ0) is 16.1. The lowest BCUT2D eigenvalue weighted by Gasteiger charge is -2.34. The first kappa shape index (κ1) is 16.3. The minimum absolute atomic E-state index is 0.0472. The van der Waals surface area contributed by atoms with E-state index >= 15 is 0 Å². The van der Waals surface area contributed by atoms with Gasteiger partial charge < -0.3 is 10.2 Å². The lowest BCUT2D eigenvalue weighted by atomic mass is 10.3. The van der Waals surface area contributed by atoms with Crippen molar-refractivity contribution >= 4 is 39.8 Å². The number of nitrogens with one attached hydrogen (secondary N) is 1. The number of nitrogens with zero attached hydrogens (tertiary/aromatic N) is 3. The molecular formula is C16H20N4OS2. The van der Waals surface area contributed by atoms with Crippen LogP contribution in [0.3, 0.4) is 0 Å². The monoisotopic (exact) mass is 348 g/mol. The number of hydrogen-bond acceptors (Lipinski definition) is 6. The van der Waals surface area contributed by atoms with Gasteiger partial charge in [0, 0.05) is 48.3 Å². The van der Waals surface area contributed by atoms with Crippen molar-refractivity contribution in [3.8, 4) is 0 Å². The Balaban J connectivity index is 1.47. The second-order valence-corrected chi connectivity index (χ2v) is 7.11. The van der Waals surface area contributed by atoms with Gasteiger partial charge in [0.25, 0.3) is 0 Å². The SMILES string of the molecule is CSc1cccc(NC(=O)CN2CCN(c3nccs3)CC2)c1. The molecule has 0 radical (unpaired) electrons. The number of thiazole rings is 1.